The zero-order chi connectivity index (χ0) is 18.9. The summed E-state index contributed by atoms with van der Waals surface area (Å²) in [7, 11) is 0. The van der Waals surface area contributed by atoms with Crippen molar-refractivity contribution in [3.05, 3.63) is 38.1 Å². The van der Waals surface area contributed by atoms with Gasteiger partial charge >= 0.3 is 5.69 Å². The van der Waals surface area contributed by atoms with Gasteiger partial charge in [-0.05, 0) is 38.5 Å². The van der Waals surface area contributed by atoms with Crippen molar-refractivity contribution in [1.82, 2.24) is 15.0 Å². The molecule has 1 aromatic heterocycles. The summed E-state index contributed by atoms with van der Waals surface area (Å²) in [6.07, 6.45) is 10.2. The molecule has 0 unspecified atom stereocenters. The maximum absolute atomic E-state index is 12.0. The summed E-state index contributed by atoms with van der Waals surface area (Å²) in [5.41, 5.74) is 2.01. The number of unbranched alkanes of at least 4 members (excludes halogenated alkanes) is 1. The molecule has 0 aromatic carbocycles. The third kappa shape index (κ3) is 5.44. The third-order valence-electron chi connectivity index (χ3n) is 4.39. The van der Waals surface area contributed by atoms with E-state index >= 15 is 0 Å². The molecule has 0 bridgehead atoms. The first-order chi connectivity index (χ1) is 12.5. The van der Waals surface area contributed by atoms with Gasteiger partial charge in [0.2, 0.25) is 11.8 Å². The minimum atomic E-state index is -0.743. The number of hydrogen-bond donors (Lipinski definition) is 3. The second-order valence-corrected chi connectivity index (χ2v) is 6.40. The number of hydrogen-bond acceptors (Lipinski definition) is 5. The zero-order valence-corrected chi connectivity index (χ0v) is 15.1. The first-order valence-electron chi connectivity index (χ1n) is 9.08. The summed E-state index contributed by atoms with van der Waals surface area (Å²) in [6, 6.07) is 0. The van der Waals surface area contributed by atoms with E-state index in [-0.39, 0.29) is 18.0 Å². The zero-order valence-electron chi connectivity index (χ0n) is 15.1. The van der Waals surface area contributed by atoms with Crippen LogP contribution in [0.4, 0.5) is 0 Å². The lowest BCUT2D eigenvalue weighted by Crippen LogP contribution is -2.32. The Morgan fingerprint density at radius 2 is 2.23 bits per heavy atom. The highest BCUT2D eigenvalue weighted by atomic mass is 16.3. The van der Waals surface area contributed by atoms with Crippen molar-refractivity contribution in [2.24, 2.45) is 5.10 Å². The van der Waals surface area contributed by atoms with Gasteiger partial charge in [0.15, 0.2) is 0 Å². The van der Waals surface area contributed by atoms with Crippen molar-refractivity contribution in [3.63, 3.8) is 0 Å². The normalized spacial score (nSPS) is 14.4. The van der Waals surface area contributed by atoms with Crippen molar-refractivity contribution >= 4 is 12.1 Å². The van der Waals surface area contributed by atoms with Crippen LogP contribution in [0.25, 0.3) is 0 Å². The highest BCUT2D eigenvalue weighted by Gasteiger charge is 2.13. The smallest absolute Gasteiger partial charge is 0.331 e. The maximum Gasteiger partial charge on any atom is 0.331 e. The molecule has 8 heteroatoms. The van der Waals surface area contributed by atoms with Crippen LogP contribution in [0.3, 0.4) is 0 Å². The Labute approximate surface area is 151 Å². The molecule has 2 rings (SSSR count). The number of allylic oxidation sites excluding steroid dienone is 2. The number of nitrogens with one attached hydrogen (secondary N) is 2. The molecule has 0 aliphatic heterocycles. The number of carbonyl (C=O) groups is 1. The Bertz CT molecular complexity index is 804. The average Bonchev–Trinajstić information content (AvgIpc) is 2.63. The van der Waals surface area contributed by atoms with Crippen molar-refractivity contribution in [3.8, 4) is 5.88 Å². The van der Waals surface area contributed by atoms with Gasteiger partial charge in [0.1, 0.15) is 5.56 Å². The van der Waals surface area contributed by atoms with E-state index in [4.69, 9.17) is 0 Å². The number of amides is 1. The molecule has 1 aromatic rings. The van der Waals surface area contributed by atoms with E-state index in [0.29, 0.717) is 12.8 Å². The maximum atomic E-state index is 12.0. The Morgan fingerprint density at radius 3 is 2.92 bits per heavy atom. The fourth-order valence-corrected chi connectivity index (χ4v) is 2.85. The molecular weight excluding hydrogens is 336 g/mol. The highest BCUT2D eigenvalue weighted by molar-refractivity contribution is 5.83. The predicted molar refractivity (Wildman–Crippen MR) is 99.4 cm³/mol. The van der Waals surface area contributed by atoms with E-state index in [1.54, 1.807) is 0 Å². The topological polar surface area (TPSA) is 117 Å². The van der Waals surface area contributed by atoms with Gasteiger partial charge in [-0.3, -0.25) is 19.1 Å². The van der Waals surface area contributed by atoms with Gasteiger partial charge in [-0.2, -0.15) is 5.10 Å². The summed E-state index contributed by atoms with van der Waals surface area (Å²) in [5.74, 6) is -0.710. The molecule has 0 spiro atoms. The first-order valence-corrected chi connectivity index (χ1v) is 9.08. The molecule has 0 saturated carbocycles. The van der Waals surface area contributed by atoms with Crippen molar-refractivity contribution in [2.45, 2.75) is 64.8 Å². The molecule has 142 valence electrons. The molecular formula is C18H26N4O4. The third-order valence-corrected chi connectivity index (χ3v) is 4.39. The molecule has 8 nitrogen and oxygen atoms in total. The summed E-state index contributed by atoms with van der Waals surface area (Å²) >= 11 is 0. The fourth-order valence-electron chi connectivity index (χ4n) is 2.85. The summed E-state index contributed by atoms with van der Waals surface area (Å²) < 4.78 is 1.12. The van der Waals surface area contributed by atoms with E-state index in [0.717, 1.165) is 42.9 Å². The van der Waals surface area contributed by atoms with Crippen molar-refractivity contribution in [1.29, 1.82) is 0 Å². The summed E-state index contributed by atoms with van der Waals surface area (Å²) in [5, 5.41) is 14.0. The van der Waals surface area contributed by atoms with E-state index in [1.807, 2.05) is 6.92 Å². The van der Waals surface area contributed by atoms with Crippen LogP contribution in [-0.2, 0) is 11.3 Å². The van der Waals surface area contributed by atoms with Gasteiger partial charge in [-0.25, -0.2) is 10.2 Å². The molecule has 0 radical (unpaired) electrons. The van der Waals surface area contributed by atoms with Crippen LogP contribution in [-0.4, -0.2) is 26.8 Å². The molecule has 3 N–H and O–H groups in total. The summed E-state index contributed by atoms with van der Waals surface area (Å²) in [6.45, 7) is 2.25. The number of aromatic nitrogens is 2. The largest absolute Gasteiger partial charge is 0.494 e. The lowest BCUT2D eigenvalue weighted by atomic mass is 9.97. The minimum Gasteiger partial charge on any atom is -0.494 e. The molecule has 1 heterocycles. The predicted octanol–water partition coefficient (Wildman–Crippen LogP) is 1.77. The van der Waals surface area contributed by atoms with Gasteiger partial charge in [-0.15, -0.1) is 0 Å². The van der Waals surface area contributed by atoms with E-state index < -0.39 is 17.1 Å². The van der Waals surface area contributed by atoms with E-state index in [1.165, 1.54) is 12.0 Å². The van der Waals surface area contributed by atoms with Gasteiger partial charge in [0.05, 0.1) is 6.21 Å². The van der Waals surface area contributed by atoms with Crippen LogP contribution in [0.5, 0.6) is 5.88 Å². The highest BCUT2D eigenvalue weighted by Crippen LogP contribution is 2.21. The first kappa shape index (κ1) is 19.7. The molecule has 0 saturated heterocycles. The lowest BCUT2D eigenvalue weighted by molar-refractivity contribution is -0.121. The number of carbonyl (C=O) groups excluding carboxylic acids is 1. The van der Waals surface area contributed by atoms with Gasteiger partial charge in [0.25, 0.3) is 5.56 Å². The molecule has 1 aliphatic rings. The van der Waals surface area contributed by atoms with Crippen LogP contribution < -0.4 is 16.7 Å². The number of H-pyrrole nitrogens is 1. The van der Waals surface area contributed by atoms with Crippen molar-refractivity contribution < 1.29 is 9.90 Å². The summed E-state index contributed by atoms with van der Waals surface area (Å²) in [4.78, 5) is 37.6. The van der Waals surface area contributed by atoms with Gasteiger partial charge in [-0.1, -0.05) is 25.0 Å². The molecule has 1 amide bonds. The second-order valence-electron chi connectivity index (χ2n) is 6.40. The monoisotopic (exact) mass is 362 g/mol. The molecule has 26 heavy (non-hydrogen) atoms. The molecule has 0 atom stereocenters. The number of nitrogens with zero attached hydrogens (tertiary/aromatic N) is 2. The Hall–Kier alpha value is -2.64. The average molecular weight is 362 g/mol. The van der Waals surface area contributed by atoms with Gasteiger partial charge in [0, 0.05) is 13.0 Å². The van der Waals surface area contributed by atoms with Crippen LogP contribution in [0, 0.1) is 0 Å². The number of aromatic hydroxyl groups is 1. The van der Waals surface area contributed by atoms with Gasteiger partial charge < -0.3 is 5.11 Å². The lowest BCUT2D eigenvalue weighted by Gasteiger charge is -2.14. The second kappa shape index (κ2) is 9.74. The fraction of sp³-hybridized carbons (Fsp3) is 0.556. The van der Waals surface area contributed by atoms with Crippen molar-refractivity contribution in [2.75, 3.05) is 0 Å². The Kier molecular flexibility index (Phi) is 7.37. The Morgan fingerprint density at radius 1 is 1.42 bits per heavy atom. The number of rotatable bonds is 8. The minimum absolute atomic E-state index is 0.155. The van der Waals surface area contributed by atoms with Crippen LogP contribution in [0.1, 0.15) is 63.9 Å². The van der Waals surface area contributed by atoms with E-state index in [2.05, 4.69) is 21.6 Å². The van der Waals surface area contributed by atoms with Crippen LogP contribution >= 0.6 is 0 Å². The van der Waals surface area contributed by atoms with E-state index in [9.17, 15) is 19.5 Å². The number of hydrazone groups is 1. The standard InChI is InChI=1S/C18H26N4O4/c1-2-3-9-15(23)21-19-12-14-16(24)20-18(26)22(17(14)25)11-10-13-7-5-4-6-8-13/h7,12,25H,2-6,8-11H2,1H3,(H,21,23)(H,20,24,26). The molecule has 0 fully saturated rings. The van der Waals surface area contributed by atoms with Crippen LogP contribution in [0.15, 0.2) is 26.3 Å². The number of aromatic amines is 1. The quantitative estimate of drug-likeness (QED) is 0.371. The molecule has 1 aliphatic carbocycles. The van der Waals surface area contributed by atoms with Crippen LogP contribution in [0.2, 0.25) is 0 Å². The Balaban J connectivity index is 2.11. The SMILES string of the molecule is CCCCC(=O)NN=Cc1c(O)n(CCC2=CCCCC2)c(=O)[nH]c1=O.